The third-order valence-corrected chi connectivity index (χ3v) is 2.81. The number of nitrogens with one attached hydrogen (secondary N) is 1. The molecular formula is C13H15BrFN3O3. The van der Waals surface area contributed by atoms with Gasteiger partial charge in [-0.1, -0.05) is 22.9 Å². The summed E-state index contributed by atoms with van der Waals surface area (Å²) < 4.78 is 12.8. The Hall–Kier alpha value is -1.77. The lowest BCUT2D eigenvalue weighted by molar-refractivity contribution is -0.126. The van der Waals surface area contributed by atoms with Crippen LogP contribution in [0.1, 0.15) is 23.7 Å². The van der Waals surface area contributed by atoms with Crippen LogP contribution in [0.15, 0.2) is 34.9 Å². The van der Waals surface area contributed by atoms with Gasteiger partial charge in [0.25, 0.3) is 11.8 Å². The highest BCUT2D eigenvalue weighted by molar-refractivity contribution is 9.11. The summed E-state index contributed by atoms with van der Waals surface area (Å²) in [7, 11) is 0. The second-order valence-electron chi connectivity index (χ2n) is 3.96. The number of nitrogens with zero attached hydrogens (tertiary/aromatic N) is 1. The third-order valence-electron chi connectivity index (χ3n) is 2.36. The number of nitrogens with two attached hydrogens (primary N) is 1. The SMILES string of the molecule is CCCONC(=CBr)C(=O)N(N)C(=O)c1ccc(F)cc1. The van der Waals surface area contributed by atoms with E-state index in [4.69, 9.17) is 10.7 Å². The van der Waals surface area contributed by atoms with Crippen LogP contribution >= 0.6 is 15.9 Å². The summed E-state index contributed by atoms with van der Waals surface area (Å²) in [6.07, 6.45) is 0.748. The van der Waals surface area contributed by atoms with Gasteiger partial charge in [-0.2, -0.15) is 0 Å². The fourth-order valence-corrected chi connectivity index (χ4v) is 1.59. The predicted octanol–water partition coefficient (Wildman–Crippen LogP) is 1.84. The predicted molar refractivity (Wildman–Crippen MR) is 78.2 cm³/mol. The maximum Gasteiger partial charge on any atom is 0.294 e. The van der Waals surface area contributed by atoms with Crippen LogP contribution in [0.3, 0.4) is 0 Å². The highest BCUT2D eigenvalue weighted by Gasteiger charge is 2.23. The Morgan fingerprint density at radius 1 is 1.43 bits per heavy atom. The van der Waals surface area contributed by atoms with Crippen molar-refractivity contribution in [3.05, 3.63) is 46.3 Å². The molecule has 0 fully saturated rings. The molecule has 0 heterocycles. The summed E-state index contributed by atoms with van der Waals surface area (Å²) in [6.45, 7) is 2.28. The van der Waals surface area contributed by atoms with Gasteiger partial charge in [0.1, 0.15) is 11.5 Å². The van der Waals surface area contributed by atoms with Gasteiger partial charge in [0.2, 0.25) is 0 Å². The van der Waals surface area contributed by atoms with Gasteiger partial charge in [-0.15, -0.1) is 0 Å². The molecule has 0 bridgehead atoms. The van der Waals surface area contributed by atoms with E-state index in [0.29, 0.717) is 11.6 Å². The molecule has 114 valence electrons. The zero-order valence-electron chi connectivity index (χ0n) is 11.3. The average Bonchev–Trinajstić information content (AvgIpc) is 2.50. The topological polar surface area (TPSA) is 84.7 Å². The fourth-order valence-electron chi connectivity index (χ4n) is 1.30. The lowest BCUT2D eigenvalue weighted by Crippen LogP contribution is -2.45. The Labute approximate surface area is 129 Å². The summed E-state index contributed by atoms with van der Waals surface area (Å²) in [5.74, 6) is 3.45. The number of hydrogen-bond acceptors (Lipinski definition) is 5. The number of hydrazine groups is 1. The van der Waals surface area contributed by atoms with Crippen molar-refractivity contribution in [3.8, 4) is 0 Å². The molecule has 0 aromatic heterocycles. The van der Waals surface area contributed by atoms with Gasteiger partial charge in [-0.3, -0.25) is 19.9 Å². The number of hydroxylamine groups is 1. The molecule has 1 aromatic rings. The second kappa shape index (κ2) is 8.50. The van der Waals surface area contributed by atoms with Crippen LogP contribution in [-0.2, 0) is 9.63 Å². The van der Waals surface area contributed by atoms with Gasteiger partial charge >= 0.3 is 0 Å². The molecule has 8 heteroatoms. The number of imide groups is 1. The van der Waals surface area contributed by atoms with Gasteiger partial charge in [0.15, 0.2) is 0 Å². The monoisotopic (exact) mass is 359 g/mol. The molecule has 1 aromatic carbocycles. The van der Waals surface area contributed by atoms with E-state index in [-0.39, 0.29) is 11.3 Å². The van der Waals surface area contributed by atoms with Gasteiger partial charge in [-0.05, 0) is 30.7 Å². The van der Waals surface area contributed by atoms with Crippen molar-refractivity contribution in [3.63, 3.8) is 0 Å². The number of amides is 2. The van der Waals surface area contributed by atoms with Gasteiger partial charge in [0.05, 0.1) is 6.61 Å². The molecule has 0 atom stereocenters. The molecule has 0 saturated heterocycles. The third kappa shape index (κ3) is 4.92. The minimum absolute atomic E-state index is 0.0404. The van der Waals surface area contributed by atoms with Crippen LogP contribution in [0.25, 0.3) is 0 Å². The van der Waals surface area contributed by atoms with E-state index in [1.54, 1.807) is 0 Å². The molecule has 0 saturated carbocycles. The van der Waals surface area contributed by atoms with Gasteiger partial charge < -0.3 is 0 Å². The zero-order valence-corrected chi connectivity index (χ0v) is 12.9. The van der Waals surface area contributed by atoms with E-state index >= 15 is 0 Å². The first-order chi connectivity index (χ1) is 10.0. The van der Waals surface area contributed by atoms with E-state index in [0.717, 1.165) is 18.6 Å². The van der Waals surface area contributed by atoms with E-state index in [2.05, 4.69) is 21.4 Å². The number of hydrogen-bond donors (Lipinski definition) is 2. The summed E-state index contributed by atoms with van der Waals surface area (Å²) in [5.41, 5.74) is 2.45. The van der Waals surface area contributed by atoms with Crippen molar-refractivity contribution < 1.29 is 18.8 Å². The molecule has 0 aliphatic carbocycles. The Morgan fingerprint density at radius 2 is 2.05 bits per heavy atom. The van der Waals surface area contributed by atoms with Crippen molar-refractivity contribution in [1.29, 1.82) is 0 Å². The first-order valence-corrected chi connectivity index (χ1v) is 7.00. The molecule has 6 nitrogen and oxygen atoms in total. The molecule has 0 aliphatic rings. The average molecular weight is 360 g/mol. The lowest BCUT2D eigenvalue weighted by Gasteiger charge is -2.17. The Kier molecular flexibility index (Phi) is 7.00. The number of carbonyl (C=O) groups is 2. The first-order valence-electron chi connectivity index (χ1n) is 6.08. The minimum Gasteiger partial charge on any atom is -0.276 e. The zero-order chi connectivity index (χ0) is 15.8. The summed E-state index contributed by atoms with van der Waals surface area (Å²) in [4.78, 5) is 30.3. The molecule has 21 heavy (non-hydrogen) atoms. The van der Waals surface area contributed by atoms with E-state index in [1.807, 2.05) is 6.92 Å². The molecule has 0 spiro atoms. The van der Waals surface area contributed by atoms with Crippen LogP contribution in [-0.4, -0.2) is 23.4 Å². The molecule has 1 rings (SSSR count). The number of rotatable bonds is 6. The van der Waals surface area contributed by atoms with E-state index in [9.17, 15) is 14.0 Å². The summed E-state index contributed by atoms with van der Waals surface area (Å²) in [6, 6.07) is 4.69. The number of benzene rings is 1. The van der Waals surface area contributed by atoms with Crippen molar-refractivity contribution in [2.75, 3.05) is 6.61 Å². The van der Waals surface area contributed by atoms with Gasteiger partial charge in [-0.25, -0.2) is 15.2 Å². The van der Waals surface area contributed by atoms with Crippen LogP contribution in [0.5, 0.6) is 0 Å². The first kappa shape index (κ1) is 17.3. The van der Waals surface area contributed by atoms with E-state index in [1.165, 1.54) is 17.1 Å². The van der Waals surface area contributed by atoms with Crippen molar-refractivity contribution in [1.82, 2.24) is 10.5 Å². The molecule has 3 N–H and O–H groups in total. The van der Waals surface area contributed by atoms with Crippen LogP contribution < -0.4 is 11.3 Å². The fraction of sp³-hybridized carbons (Fsp3) is 0.231. The highest BCUT2D eigenvalue weighted by atomic mass is 79.9. The Bertz CT molecular complexity index is 534. The Morgan fingerprint density at radius 3 is 2.57 bits per heavy atom. The standard InChI is InChI=1S/C13H15BrFN3O3/c1-2-7-21-17-11(8-14)13(20)18(16)12(19)9-3-5-10(15)6-4-9/h3-6,8,17H,2,7,16H2,1H3. The lowest BCUT2D eigenvalue weighted by atomic mass is 10.2. The minimum atomic E-state index is -0.794. The van der Waals surface area contributed by atoms with Crippen LogP contribution in [0.2, 0.25) is 0 Å². The smallest absolute Gasteiger partial charge is 0.276 e. The van der Waals surface area contributed by atoms with Crippen molar-refractivity contribution in [2.45, 2.75) is 13.3 Å². The molecule has 0 aliphatic heterocycles. The highest BCUT2D eigenvalue weighted by Crippen LogP contribution is 2.07. The van der Waals surface area contributed by atoms with Crippen LogP contribution in [0.4, 0.5) is 4.39 Å². The summed E-state index contributed by atoms with van der Waals surface area (Å²) >= 11 is 2.98. The molecule has 0 unspecified atom stereocenters. The molecular weight excluding hydrogens is 345 g/mol. The quantitative estimate of drug-likeness (QED) is 0.266. The maximum atomic E-state index is 12.8. The second-order valence-corrected chi connectivity index (χ2v) is 4.42. The van der Waals surface area contributed by atoms with E-state index < -0.39 is 17.6 Å². The number of halogens is 2. The normalized spacial score (nSPS) is 11.1. The molecule has 0 radical (unpaired) electrons. The van der Waals surface area contributed by atoms with Crippen LogP contribution in [0, 0.1) is 5.82 Å². The Balaban J connectivity index is 2.76. The van der Waals surface area contributed by atoms with Gasteiger partial charge in [0, 0.05) is 10.5 Å². The largest absolute Gasteiger partial charge is 0.294 e. The number of carbonyl (C=O) groups excluding carboxylic acids is 2. The maximum absolute atomic E-state index is 12.8. The molecule has 2 amide bonds. The summed E-state index contributed by atoms with van der Waals surface area (Å²) in [5, 5.41) is 0.419. The van der Waals surface area contributed by atoms with Crippen molar-refractivity contribution in [2.24, 2.45) is 5.84 Å². The van der Waals surface area contributed by atoms with Crippen molar-refractivity contribution >= 4 is 27.7 Å².